The summed E-state index contributed by atoms with van der Waals surface area (Å²) >= 11 is 0. The Morgan fingerprint density at radius 3 is 2.55 bits per heavy atom. The maximum absolute atomic E-state index is 6.40. The van der Waals surface area contributed by atoms with E-state index in [1.54, 1.807) is 0 Å². The first-order chi connectivity index (χ1) is 16.1. The predicted octanol–water partition coefficient (Wildman–Crippen LogP) is 6.87. The number of para-hydroxylation sites is 1. The number of furan rings is 1. The highest BCUT2D eigenvalue weighted by molar-refractivity contribution is 6.09. The smallest absolute Gasteiger partial charge is 0.156 e. The Bertz CT molecular complexity index is 1630. The fourth-order valence-electron chi connectivity index (χ4n) is 4.52. The molecule has 5 heteroatoms. The van der Waals surface area contributed by atoms with Gasteiger partial charge in [-0.15, -0.1) is 0 Å². The second-order valence-electron chi connectivity index (χ2n) is 8.82. The van der Waals surface area contributed by atoms with Gasteiger partial charge in [0, 0.05) is 29.2 Å². The minimum absolute atomic E-state index is 0.339. The first-order valence-electron chi connectivity index (χ1n) is 11.3. The van der Waals surface area contributed by atoms with Gasteiger partial charge >= 0.3 is 0 Å². The second-order valence-corrected chi connectivity index (χ2v) is 8.82. The van der Waals surface area contributed by atoms with Gasteiger partial charge in [-0.2, -0.15) is 0 Å². The van der Waals surface area contributed by atoms with Crippen LogP contribution in [0.1, 0.15) is 36.7 Å². The Morgan fingerprint density at radius 1 is 0.909 bits per heavy atom. The van der Waals surface area contributed by atoms with Crippen molar-refractivity contribution >= 4 is 33.0 Å². The van der Waals surface area contributed by atoms with Crippen molar-refractivity contribution in [2.75, 3.05) is 0 Å². The van der Waals surface area contributed by atoms with E-state index in [0.29, 0.717) is 12.5 Å². The van der Waals surface area contributed by atoms with Crippen molar-refractivity contribution in [1.82, 2.24) is 19.5 Å². The third-order valence-electron chi connectivity index (χ3n) is 6.26. The van der Waals surface area contributed by atoms with Crippen LogP contribution in [0.2, 0.25) is 0 Å². The fourth-order valence-corrected chi connectivity index (χ4v) is 4.52. The zero-order chi connectivity index (χ0) is 22.5. The highest BCUT2D eigenvalue weighted by Gasteiger charge is 2.20. The molecule has 6 rings (SSSR count). The SMILES string of the molecule is Cc1nccc2c1oc1c(-c3nc4cc(C(C)C)ncc4n3Cc3ccccc3)cccc12. The van der Waals surface area contributed by atoms with Crippen molar-refractivity contribution in [2.45, 2.75) is 33.2 Å². The molecule has 0 amide bonds. The van der Waals surface area contributed by atoms with Crippen LogP contribution in [0, 0.1) is 6.92 Å². The summed E-state index contributed by atoms with van der Waals surface area (Å²) in [5, 5.41) is 2.15. The molecule has 0 spiro atoms. The lowest BCUT2D eigenvalue weighted by molar-refractivity contribution is 0.662. The Balaban J connectivity index is 1.64. The third kappa shape index (κ3) is 3.20. The quantitative estimate of drug-likeness (QED) is 0.305. The van der Waals surface area contributed by atoms with Gasteiger partial charge in [0.2, 0.25) is 0 Å². The zero-order valence-electron chi connectivity index (χ0n) is 18.9. The number of hydrogen-bond acceptors (Lipinski definition) is 4. The Kier molecular flexibility index (Phi) is 4.50. The molecule has 0 radical (unpaired) electrons. The van der Waals surface area contributed by atoms with Gasteiger partial charge in [0.15, 0.2) is 5.58 Å². The van der Waals surface area contributed by atoms with Gasteiger partial charge in [0.25, 0.3) is 0 Å². The van der Waals surface area contributed by atoms with Crippen molar-refractivity contribution < 1.29 is 4.42 Å². The molecule has 162 valence electrons. The van der Waals surface area contributed by atoms with Crippen molar-refractivity contribution in [3.05, 3.63) is 90.0 Å². The van der Waals surface area contributed by atoms with E-state index in [1.807, 2.05) is 31.5 Å². The van der Waals surface area contributed by atoms with Crippen LogP contribution >= 0.6 is 0 Å². The van der Waals surface area contributed by atoms with Crippen molar-refractivity contribution in [1.29, 1.82) is 0 Å². The number of rotatable bonds is 4. The Morgan fingerprint density at radius 2 is 1.73 bits per heavy atom. The van der Waals surface area contributed by atoms with Gasteiger partial charge in [-0.05, 0) is 36.6 Å². The summed E-state index contributed by atoms with van der Waals surface area (Å²) < 4.78 is 8.65. The summed E-state index contributed by atoms with van der Waals surface area (Å²) in [7, 11) is 0. The molecule has 0 bridgehead atoms. The molecular weight excluding hydrogens is 408 g/mol. The molecule has 5 nitrogen and oxygen atoms in total. The maximum Gasteiger partial charge on any atom is 0.156 e. The lowest BCUT2D eigenvalue weighted by atomic mass is 10.1. The van der Waals surface area contributed by atoms with Crippen LogP contribution in [-0.2, 0) is 6.54 Å². The number of aromatic nitrogens is 4. The predicted molar refractivity (Wildman–Crippen MR) is 132 cm³/mol. The normalized spacial score (nSPS) is 11.9. The van der Waals surface area contributed by atoms with Crippen LogP contribution in [0.15, 0.2) is 77.5 Å². The molecular formula is C28H24N4O. The van der Waals surface area contributed by atoms with E-state index in [-0.39, 0.29) is 0 Å². The zero-order valence-corrected chi connectivity index (χ0v) is 18.9. The minimum atomic E-state index is 0.339. The molecule has 0 unspecified atom stereocenters. The molecule has 2 aromatic carbocycles. The summed E-state index contributed by atoms with van der Waals surface area (Å²) in [4.78, 5) is 14.3. The van der Waals surface area contributed by atoms with E-state index in [1.165, 1.54) is 5.56 Å². The number of nitrogens with zero attached hydrogens (tertiary/aromatic N) is 4. The van der Waals surface area contributed by atoms with E-state index in [2.05, 4.69) is 71.9 Å². The van der Waals surface area contributed by atoms with Crippen LogP contribution in [0.25, 0.3) is 44.4 Å². The topological polar surface area (TPSA) is 56.7 Å². The van der Waals surface area contributed by atoms with Crippen LogP contribution in [0.4, 0.5) is 0 Å². The van der Waals surface area contributed by atoms with Gasteiger partial charge in [-0.25, -0.2) is 4.98 Å². The van der Waals surface area contributed by atoms with Gasteiger partial charge in [0.1, 0.15) is 11.4 Å². The lowest BCUT2D eigenvalue weighted by Gasteiger charge is -2.10. The highest BCUT2D eigenvalue weighted by atomic mass is 16.3. The number of aryl methyl sites for hydroxylation is 1. The monoisotopic (exact) mass is 432 g/mol. The Hall–Kier alpha value is -3.99. The second kappa shape index (κ2) is 7.55. The average Bonchev–Trinajstić information content (AvgIpc) is 3.39. The van der Waals surface area contributed by atoms with Gasteiger partial charge in [-0.1, -0.05) is 56.3 Å². The van der Waals surface area contributed by atoms with E-state index >= 15 is 0 Å². The molecule has 0 aliphatic carbocycles. The first-order valence-corrected chi connectivity index (χ1v) is 11.3. The summed E-state index contributed by atoms with van der Waals surface area (Å²) in [5.74, 6) is 1.22. The largest absolute Gasteiger partial charge is 0.453 e. The van der Waals surface area contributed by atoms with E-state index < -0.39 is 0 Å². The van der Waals surface area contributed by atoms with Gasteiger partial charge < -0.3 is 8.98 Å². The Labute approximate surface area is 191 Å². The summed E-state index contributed by atoms with van der Waals surface area (Å²) in [5.41, 5.74) is 7.75. The summed E-state index contributed by atoms with van der Waals surface area (Å²) in [6.07, 6.45) is 3.79. The first kappa shape index (κ1) is 19.7. The van der Waals surface area contributed by atoms with Crippen LogP contribution in [0.5, 0.6) is 0 Å². The molecule has 0 N–H and O–H groups in total. The standard InChI is InChI=1S/C28H24N4O/c1-17(2)23-14-24-25(15-30-23)32(16-19-8-5-4-6-9-19)28(31-24)22-11-7-10-20-21-12-13-29-18(3)26(21)33-27(20)22/h4-15,17H,16H2,1-3H3. The van der Waals surface area contributed by atoms with E-state index in [4.69, 9.17) is 14.4 Å². The van der Waals surface area contributed by atoms with Crippen LogP contribution in [-0.4, -0.2) is 19.5 Å². The molecule has 4 aromatic heterocycles. The van der Waals surface area contributed by atoms with Crippen LogP contribution < -0.4 is 0 Å². The molecule has 0 atom stereocenters. The van der Waals surface area contributed by atoms with Gasteiger partial charge in [-0.3, -0.25) is 9.97 Å². The maximum atomic E-state index is 6.40. The van der Waals surface area contributed by atoms with Crippen molar-refractivity contribution in [3.63, 3.8) is 0 Å². The highest BCUT2D eigenvalue weighted by Crippen LogP contribution is 2.37. The summed E-state index contributed by atoms with van der Waals surface area (Å²) in [6, 6.07) is 20.9. The van der Waals surface area contributed by atoms with E-state index in [0.717, 1.165) is 55.7 Å². The fraction of sp³-hybridized carbons (Fsp3) is 0.179. The molecule has 0 aliphatic rings. The number of fused-ring (bicyclic) bond motifs is 4. The molecule has 0 fully saturated rings. The number of benzene rings is 2. The third-order valence-corrected chi connectivity index (χ3v) is 6.26. The summed E-state index contributed by atoms with van der Waals surface area (Å²) in [6.45, 7) is 6.99. The van der Waals surface area contributed by atoms with Crippen molar-refractivity contribution in [3.8, 4) is 11.4 Å². The molecule has 6 aromatic rings. The molecule has 0 saturated heterocycles. The van der Waals surface area contributed by atoms with Gasteiger partial charge in [0.05, 0.1) is 28.5 Å². The lowest BCUT2D eigenvalue weighted by Crippen LogP contribution is -2.03. The molecule has 0 aliphatic heterocycles. The number of pyridine rings is 2. The molecule has 33 heavy (non-hydrogen) atoms. The average molecular weight is 433 g/mol. The molecule has 0 saturated carbocycles. The molecule has 4 heterocycles. The van der Waals surface area contributed by atoms with Crippen LogP contribution in [0.3, 0.4) is 0 Å². The number of hydrogen-bond donors (Lipinski definition) is 0. The number of imidazole rings is 1. The van der Waals surface area contributed by atoms with E-state index in [9.17, 15) is 0 Å². The minimum Gasteiger partial charge on any atom is -0.453 e. The van der Waals surface area contributed by atoms with Crippen molar-refractivity contribution in [2.24, 2.45) is 0 Å².